The molecule has 3 aromatic rings. The molecule has 0 bridgehead atoms. The van der Waals surface area contributed by atoms with Crippen LogP contribution in [0.3, 0.4) is 0 Å². The molecule has 96 valence electrons. The topological polar surface area (TPSA) is 80.6 Å². The molecule has 0 saturated carbocycles. The Morgan fingerprint density at radius 3 is 2.84 bits per heavy atom. The van der Waals surface area contributed by atoms with Gasteiger partial charge >= 0.3 is 5.97 Å². The molecule has 0 unspecified atom stereocenters. The Hall–Kier alpha value is -2.63. The average Bonchev–Trinajstić information content (AvgIpc) is 2.99. The predicted octanol–water partition coefficient (Wildman–Crippen LogP) is 2.30. The fraction of sp³-hybridized carbons (Fsp3) is 0.154. The van der Waals surface area contributed by atoms with Crippen molar-refractivity contribution < 1.29 is 14.3 Å². The normalized spacial score (nSPS) is 11.1. The van der Waals surface area contributed by atoms with E-state index in [-0.39, 0.29) is 5.69 Å². The Kier molecular flexibility index (Phi) is 2.38. The number of hydrogen-bond acceptors (Lipinski definition) is 4. The summed E-state index contributed by atoms with van der Waals surface area (Å²) >= 11 is 0. The van der Waals surface area contributed by atoms with Crippen molar-refractivity contribution in [1.82, 2.24) is 14.6 Å². The van der Waals surface area contributed by atoms with Gasteiger partial charge in [-0.3, -0.25) is 0 Å². The molecule has 6 nitrogen and oxygen atoms in total. The van der Waals surface area contributed by atoms with Crippen LogP contribution in [0.15, 0.2) is 28.9 Å². The zero-order chi connectivity index (χ0) is 13.6. The molecule has 0 aliphatic rings. The van der Waals surface area contributed by atoms with E-state index in [0.29, 0.717) is 17.1 Å². The summed E-state index contributed by atoms with van der Waals surface area (Å²) in [7, 11) is 0. The number of furan rings is 1. The summed E-state index contributed by atoms with van der Waals surface area (Å²) in [6.45, 7) is 3.68. The Bertz CT molecular complexity index is 772. The van der Waals surface area contributed by atoms with E-state index in [4.69, 9.17) is 4.42 Å². The van der Waals surface area contributed by atoms with Crippen molar-refractivity contribution in [3.63, 3.8) is 0 Å². The Labute approximate surface area is 108 Å². The van der Waals surface area contributed by atoms with Crippen molar-refractivity contribution in [3.8, 4) is 11.5 Å². The van der Waals surface area contributed by atoms with Gasteiger partial charge in [0.25, 0.3) is 0 Å². The van der Waals surface area contributed by atoms with Gasteiger partial charge in [-0.15, -0.1) is 0 Å². The van der Waals surface area contributed by atoms with Crippen LogP contribution in [0.4, 0.5) is 0 Å². The fourth-order valence-corrected chi connectivity index (χ4v) is 1.93. The van der Waals surface area contributed by atoms with Crippen LogP contribution < -0.4 is 0 Å². The van der Waals surface area contributed by atoms with Crippen molar-refractivity contribution in [3.05, 3.63) is 41.4 Å². The van der Waals surface area contributed by atoms with Gasteiger partial charge in [-0.05, 0) is 26.0 Å². The van der Waals surface area contributed by atoms with E-state index < -0.39 is 5.97 Å². The van der Waals surface area contributed by atoms with Crippen LogP contribution in [-0.4, -0.2) is 25.7 Å². The smallest absolute Gasteiger partial charge is 0.354 e. The zero-order valence-electron chi connectivity index (χ0n) is 10.4. The number of nitrogens with zero attached hydrogens (tertiary/aromatic N) is 3. The van der Waals surface area contributed by atoms with E-state index in [1.807, 2.05) is 13.8 Å². The molecule has 0 aromatic carbocycles. The van der Waals surface area contributed by atoms with Crippen LogP contribution >= 0.6 is 0 Å². The molecular weight excluding hydrogens is 246 g/mol. The third-order valence-electron chi connectivity index (χ3n) is 3.05. The van der Waals surface area contributed by atoms with Gasteiger partial charge in [-0.2, -0.15) is 5.10 Å². The lowest BCUT2D eigenvalue weighted by Crippen LogP contribution is -2.08. The van der Waals surface area contributed by atoms with Crippen molar-refractivity contribution in [1.29, 1.82) is 0 Å². The van der Waals surface area contributed by atoms with Gasteiger partial charge in [-0.25, -0.2) is 14.3 Å². The maximum atomic E-state index is 11.3. The molecule has 0 amide bonds. The number of aromatic carboxylic acids is 1. The number of hydrogen-bond donors (Lipinski definition) is 1. The molecule has 3 heterocycles. The Morgan fingerprint density at radius 1 is 1.42 bits per heavy atom. The number of aromatic nitrogens is 3. The molecule has 6 heteroatoms. The molecule has 0 saturated heterocycles. The maximum Gasteiger partial charge on any atom is 0.354 e. The highest BCUT2D eigenvalue weighted by atomic mass is 16.4. The second-order valence-corrected chi connectivity index (χ2v) is 4.25. The maximum absolute atomic E-state index is 11.3. The molecule has 0 aliphatic carbocycles. The van der Waals surface area contributed by atoms with Gasteiger partial charge in [-0.1, -0.05) is 0 Å². The molecule has 1 N–H and O–H groups in total. The third kappa shape index (κ3) is 1.69. The summed E-state index contributed by atoms with van der Waals surface area (Å²) in [5.74, 6) is -0.522. The van der Waals surface area contributed by atoms with Gasteiger partial charge in [0.05, 0.1) is 12.0 Å². The minimum absolute atomic E-state index is 0.0626. The first-order chi connectivity index (χ1) is 9.08. The molecule has 19 heavy (non-hydrogen) atoms. The molecule has 0 radical (unpaired) electrons. The first-order valence-electron chi connectivity index (χ1n) is 5.72. The molecule has 0 aliphatic heterocycles. The Balaban J connectivity index is 2.38. The van der Waals surface area contributed by atoms with E-state index in [2.05, 4.69) is 10.1 Å². The second-order valence-electron chi connectivity index (χ2n) is 4.25. The van der Waals surface area contributed by atoms with Gasteiger partial charge in [0.15, 0.2) is 17.1 Å². The second kappa shape index (κ2) is 3.94. The minimum atomic E-state index is -1.05. The number of aryl methyl sites for hydroxylation is 2. The molecule has 0 fully saturated rings. The summed E-state index contributed by atoms with van der Waals surface area (Å²) in [5, 5.41) is 13.5. The van der Waals surface area contributed by atoms with Gasteiger partial charge < -0.3 is 9.52 Å². The number of carboxylic acid groups (broad SMARTS) is 1. The number of rotatable bonds is 2. The molecule has 0 atom stereocenters. The predicted molar refractivity (Wildman–Crippen MR) is 67.1 cm³/mol. The monoisotopic (exact) mass is 257 g/mol. The van der Waals surface area contributed by atoms with E-state index >= 15 is 0 Å². The SMILES string of the molecule is Cc1nn2c(C(=O)O)cc(-c3ccco3)nc2c1C. The third-order valence-corrected chi connectivity index (χ3v) is 3.05. The van der Waals surface area contributed by atoms with Crippen molar-refractivity contribution in [2.45, 2.75) is 13.8 Å². The van der Waals surface area contributed by atoms with Crippen LogP contribution in [0.2, 0.25) is 0 Å². The zero-order valence-corrected chi connectivity index (χ0v) is 10.4. The van der Waals surface area contributed by atoms with Crippen molar-refractivity contribution in [2.24, 2.45) is 0 Å². The summed E-state index contributed by atoms with van der Waals surface area (Å²) in [4.78, 5) is 15.8. The van der Waals surface area contributed by atoms with Crippen molar-refractivity contribution in [2.75, 3.05) is 0 Å². The first-order valence-corrected chi connectivity index (χ1v) is 5.72. The van der Waals surface area contributed by atoms with Crippen LogP contribution in [-0.2, 0) is 0 Å². The number of fused-ring (bicyclic) bond motifs is 1. The van der Waals surface area contributed by atoms with Crippen molar-refractivity contribution >= 4 is 11.6 Å². The largest absolute Gasteiger partial charge is 0.477 e. The van der Waals surface area contributed by atoms with Gasteiger partial charge in [0.1, 0.15) is 5.69 Å². The fourth-order valence-electron chi connectivity index (χ4n) is 1.93. The Morgan fingerprint density at radius 2 is 2.21 bits per heavy atom. The molecular formula is C13H11N3O3. The lowest BCUT2D eigenvalue weighted by atomic mass is 10.2. The standard InChI is InChI=1S/C13H11N3O3/c1-7-8(2)15-16-10(13(17)18)6-9(14-12(7)16)11-4-3-5-19-11/h3-6H,1-2H3,(H,17,18). The number of carboxylic acids is 1. The van der Waals surface area contributed by atoms with E-state index in [1.54, 1.807) is 12.1 Å². The van der Waals surface area contributed by atoms with Crippen LogP contribution in [0.5, 0.6) is 0 Å². The molecule has 3 rings (SSSR count). The van der Waals surface area contributed by atoms with Crippen LogP contribution in [0, 0.1) is 13.8 Å². The quantitative estimate of drug-likeness (QED) is 0.761. The lowest BCUT2D eigenvalue weighted by Gasteiger charge is -2.03. The summed E-state index contributed by atoms with van der Waals surface area (Å²) in [5.41, 5.74) is 2.69. The molecule has 3 aromatic heterocycles. The van der Waals surface area contributed by atoms with E-state index in [0.717, 1.165) is 11.3 Å². The van der Waals surface area contributed by atoms with E-state index in [9.17, 15) is 9.90 Å². The highest BCUT2D eigenvalue weighted by molar-refractivity contribution is 5.88. The minimum Gasteiger partial charge on any atom is -0.477 e. The summed E-state index contributed by atoms with van der Waals surface area (Å²) in [6, 6.07) is 4.93. The molecule has 0 spiro atoms. The van der Waals surface area contributed by atoms with E-state index in [1.165, 1.54) is 16.8 Å². The van der Waals surface area contributed by atoms with Crippen LogP contribution in [0.25, 0.3) is 17.1 Å². The summed E-state index contributed by atoms with van der Waals surface area (Å²) < 4.78 is 6.61. The summed E-state index contributed by atoms with van der Waals surface area (Å²) in [6.07, 6.45) is 1.52. The number of carbonyl (C=O) groups is 1. The first kappa shape index (κ1) is 11.5. The van der Waals surface area contributed by atoms with Gasteiger partial charge in [0.2, 0.25) is 0 Å². The highest BCUT2D eigenvalue weighted by Crippen LogP contribution is 2.22. The van der Waals surface area contributed by atoms with Crippen LogP contribution in [0.1, 0.15) is 21.7 Å². The highest BCUT2D eigenvalue weighted by Gasteiger charge is 2.17. The van der Waals surface area contributed by atoms with Gasteiger partial charge in [0, 0.05) is 11.6 Å². The average molecular weight is 257 g/mol. The lowest BCUT2D eigenvalue weighted by molar-refractivity contribution is 0.0687.